The second-order valence-electron chi connectivity index (χ2n) is 6.34. The lowest BCUT2D eigenvalue weighted by atomic mass is 10.2. The Morgan fingerprint density at radius 1 is 1.00 bits per heavy atom. The van der Waals surface area contributed by atoms with Crippen molar-refractivity contribution in [3.63, 3.8) is 0 Å². The molecule has 2 aromatic carbocycles. The first-order chi connectivity index (χ1) is 12.8. The fourth-order valence-corrected chi connectivity index (χ4v) is 3.21. The van der Waals surface area contributed by atoms with Gasteiger partial charge in [-0.05, 0) is 42.8 Å². The number of anilines is 1. The highest BCUT2D eigenvalue weighted by atomic mass is 16.5. The molecule has 1 aliphatic rings. The number of ether oxygens (including phenoxy) is 2. The van der Waals surface area contributed by atoms with E-state index in [1.54, 1.807) is 19.2 Å². The molecule has 1 aliphatic heterocycles. The van der Waals surface area contributed by atoms with Gasteiger partial charge in [0, 0.05) is 32.7 Å². The maximum Gasteiger partial charge on any atom is 0.142 e. The summed E-state index contributed by atoms with van der Waals surface area (Å²) in [4.78, 5) is 4.87. The van der Waals surface area contributed by atoms with Crippen LogP contribution in [0.25, 0.3) is 0 Å². The smallest absolute Gasteiger partial charge is 0.142 e. The summed E-state index contributed by atoms with van der Waals surface area (Å²) in [5, 5.41) is 8.80. The van der Waals surface area contributed by atoms with Gasteiger partial charge in [0.1, 0.15) is 11.5 Å². The number of hydrogen-bond acceptors (Lipinski definition) is 5. The molecule has 3 rings (SSSR count). The Morgan fingerprint density at radius 3 is 2.42 bits per heavy atom. The Balaban J connectivity index is 1.38. The van der Waals surface area contributed by atoms with E-state index in [0.717, 1.165) is 50.6 Å². The van der Waals surface area contributed by atoms with Gasteiger partial charge in [0.15, 0.2) is 0 Å². The average Bonchev–Trinajstić information content (AvgIpc) is 2.72. The van der Waals surface area contributed by atoms with Crippen LogP contribution in [0.5, 0.6) is 11.5 Å². The van der Waals surface area contributed by atoms with Gasteiger partial charge < -0.3 is 14.4 Å². The van der Waals surface area contributed by atoms with Gasteiger partial charge in [-0.15, -0.1) is 0 Å². The van der Waals surface area contributed by atoms with Crippen molar-refractivity contribution in [2.75, 3.05) is 51.3 Å². The van der Waals surface area contributed by atoms with Crippen LogP contribution in [0, 0.1) is 11.3 Å². The lowest BCUT2D eigenvalue weighted by Gasteiger charge is -2.36. The van der Waals surface area contributed by atoms with E-state index >= 15 is 0 Å². The largest absolute Gasteiger partial charge is 0.495 e. The third-order valence-electron chi connectivity index (χ3n) is 4.67. The lowest BCUT2D eigenvalue weighted by Crippen LogP contribution is -2.46. The number of nitrogens with zero attached hydrogens (tertiary/aromatic N) is 3. The summed E-state index contributed by atoms with van der Waals surface area (Å²) in [5.41, 5.74) is 1.84. The normalized spacial score (nSPS) is 14.7. The molecule has 0 saturated carbocycles. The molecule has 0 N–H and O–H groups in total. The van der Waals surface area contributed by atoms with E-state index in [4.69, 9.17) is 14.7 Å². The highest BCUT2D eigenvalue weighted by Crippen LogP contribution is 2.28. The zero-order valence-corrected chi connectivity index (χ0v) is 15.2. The van der Waals surface area contributed by atoms with Crippen LogP contribution in [-0.2, 0) is 0 Å². The first kappa shape index (κ1) is 18.1. The van der Waals surface area contributed by atoms with E-state index in [0.29, 0.717) is 12.2 Å². The van der Waals surface area contributed by atoms with E-state index in [-0.39, 0.29) is 0 Å². The molecule has 26 heavy (non-hydrogen) atoms. The molecule has 0 radical (unpaired) electrons. The van der Waals surface area contributed by atoms with E-state index in [9.17, 15) is 0 Å². The molecule has 0 atom stereocenters. The van der Waals surface area contributed by atoms with Gasteiger partial charge in [-0.2, -0.15) is 5.26 Å². The Bertz CT molecular complexity index is 732. The van der Waals surface area contributed by atoms with Crippen LogP contribution in [0.2, 0.25) is 0 Å². The topological polar surface area (TPSA) is 48.7 Å². The van der Waals surface area contributed by atoms with E-state index in [2.05, 4.69) is 28.0 Å². The minimum absolute atomic E-state index is 0.658. The molecule has 0 amide bonds. The summed E-state index contributed by atoms with van der Waals surface area (Å²) >= 11 is 0. The molecule has 2 aromatic rings. The Hall–Kier alpha value is -2.71. The number of benzene rings is 2. The van der Waals surface area contributed by atoms with Crippen LogP contribution in [-0.4, -0.2) is 51.3 Å². The number of para-hydroxylation sites is 2. The number of nitriles is 1. The van der Waals surface area contributed by atoms with Crippen molar-refractivity contribution in [3.8, 4) is 17.6 Å². The highest BCUT2D eigenvalue weighted by molar-refractivity contribution is 5.58. The molecule has 1 saturated heterocycles. The number of rotatable bonds is 7. The van der Waals surface area contributed by atoms with Crippen molar-refractivity contribution in [2.24, 2.45) is 0 Å². The molecule has 0 unspecified atom stereocenters. The van der Waals surface area contributed by atoms with Crippen LogP contribution < -0.4 is 14.4 Å². The molecule has 5 heteroatoms. The van der Waals surface area contributed by atoms with E-state index in [1.807, 2.05) is 24.3 Å². The predicted molar refractivity (Wildman–Crippen MR) is 103 cm³/mol. The molecule has 0 aliphatic carbocycles. The first-order valence-electron chi connectivity index (χ1n) is 9.03. The van der Waals surface area contributed by atoms with Crippen LogP contribution in [0.4, 0.5) is 5.69 Å². The third-order valence-corrected chi connectivity index (χ3v) is 4.67. The highest BCUT2D eigenvalue weighted by Gasteiger charge is 2.19. The molecule has 1 fully saturated rings. The second kappa shape index (κ2) is 9.12. The van der Waals surface area contributed by atoms with Crippen molar-refractivity contribution in [1.82, 2.24) is 4.90 Å². The van der Waals surface area contributed by atoms with Gasteiger partial charge in [-0.3, -0.25) is 4.90 Å². The molecule has 5 nitrogen and oxygen atoms in total. The standard InChI is InChI=1S/C21H25N3O2/c1-25-21-6-3-2-5-20(21)24-14-12-23(13-15-24)11-4-16-26-19-9-7-18(17-22)8-10-19/h2-3,5-10H,4,11-16H2,1H3. The van der Waals surface area contributed by atoms with Gasteiger partial charge in [0.2, 0.25) is 0 Å². The van der Waals surface area contributed by atoms with E-state index in [1.165, 1.54) is 5.69 Å². The first-order valence-corrected chi connectivity index (χ1v) is 9.03. The van der Waals surface area contributed by atoms with Gasteiger partial charge in [-0.25, -0.2) is 0 Å². The number of piperazine rings is 1. The van der Waals surface area contributed by atoms with Crippen LogP contribution in [0.15, 0.2) is 48.5 Å². The Labute approximate surface area is 155 Å². The Kier molecular flexibility index (Phi) is 6.34. The average molecular weight is 351 g/mol. The minimum atomic E-state index is 0.658. The SMILES string of the molecule is COc1ccccc1N1CCN(CCCOc2ccc(C#N)cc2)CC1. The fourth-order valence-electron chi connectivity index (χ4n) is 3.21. The van der Waals surface area contributed by atoms with Crippen LogP contribution in [0.3, 0.4) is 0 Å². The molecule has 0 bridgehead atoms. The summed E-state index contributed by atoms with van der Waals surface area (Å²) in [6, 6.07) is 17.6. The summed E-state index contributed by atoms with van der Waals surface area (Å²) in [5.74, 6) is 1.77. The summed E-state index contributed by atoms with van der Waals surface area (Å²) in [6.07, 6.45) is 0.995. The number of hydrogen-bond donors (Lipinski definition) is 0. The zero-order chi connectivity index (χ0) is 18.2. The van der Waals surface area contributed by atoms with Crippen LogP contribution in [0.1, 0.15) is 12.0 Å². The van der Waals surface area contributed by atoms with Crippen molar-refractivity contribution in [3.05, 3.63) is 54.1 Å². The van der Waals surface area contributed by atoms with Gasteiger partial charge in [0.05, 0.1) is 31.0 Å². The summed E-state index contributed by atoms with van der Waals surface area (Å²) < 4.78 is 11.2. The maximum absolute atomic E-state index is 8.80. The van der Waals surface area contributed by atoms with Gasteiger partial charge in [-0.1, -0.05) is 12.1 Å². The van der Waals surface area contributed by atoms with Crippen LogP contribution >= 0.6 is 0 Å². The maximum atomic E-state index is 8.80. The molecule has 0 aromatic heterocycles. The third kappa shape index (κ3) is 4.68. The predicted octanol–water partition coefficient (Wildman–Crippen LogP) is 3.16. The summed E-state index contributed by atoms with van der Waals surface area (Å²) in [7, 11) is 1.73. The van der Waals surface area contributed by atoms with Crippen molar-refractivity contribution < 1.29 is 9.47 Å². The molecular weight excluding hydrogens is 326 g/mol. The number of methoxy groups -OCH3 is 1. The Morgan fingerprint density at radius 2 is 1.73 bits per heavy atom. The fraction of sp³-hybridized carbons (Fsp3) is 0.381. The molecule has 1 heterocycles. The monoisotopic (exact) mass is 351 g/mol. The lowest BCUT2D eigenvalue weighted by molar-refractivity contribution is 0.224. The minimum Gasteiger partial charge on any atom is -0.495 e. The quantitative estimate of drug-likeness (QED) is 0.717. The van der Waals surface area contributed by atoms with Gasteiger partial charge in [0.25, 0.3) is 0 Å². The molecular formula is C21H25N3O2. The second-order valence-corrected chi connectivity index (χ2v) is 6.34. The van der Waals surface area contributed by atoms with Gasteiger partial charge >= 0.3 is 0 Å². The van der Waals surface area contributed by atoms with Crippen molar-refractivity contribution in [2.45, 2.75) is 6.42 Å². The van der Waals surface area contributed by atoms with Crippen molar-refractivity contribution >= 4 is 5.69 Å². The summed E-state index contributed by atoms with van der Waals surface area (Å²) in [6.45, 7) is 5.85. The van der Waals surface area contributed by atoms with E-state index < -0.39 is 0 Å². The zero-order valence-electron chi connectivity index (χ0n) is 15.2. The van der Waals surface area contributed by atoms with Crippen molar-refractivity contribution in [1.29, 1.82) is 5.26 Å². The molecule has 0 spiro atoms. The molecule has 136 valence electrons.